The number of hydrogen-bond acceptors (Lipinski definition) is 3. The lowest BCUT2D eigenvalue weighted by Crippen LogP contribution is -2.06. The lowest BCUT2D eigenvalue weighted by Gasteiger charge is -2.02. The van der Waals surface area contributed by atoms with Gasteiger partial charge in [0, 0.05) is 18.3 Å². The molecule has 0 bridgehead atoms. The summed E-state index contributed by atoms with van der Waals surface area (Å²) in [4.78, 5) is 14.6. The molecule has 0 unspecified atom stereocenters. The number of nitrogens with zero attached hydrogens (tertiary/aromatic N) is 2. The second-order valence-corrected chi connectivity index (χ2v) is 2.55. The van der Waals surface area contributed by atoms with Crippen LogP contribution in [-0.2, 0) is 6.42 Å². The highest BCUT2D eigenvalue weighted by Gasteiger charge is 2.18. The molecule has 5 nitrogen and oxygen atoms in total. The van der Waals surface area contributed by atoms with Crippen LogP contribution in [0.3, 0.4) is 0 Å². The third-order valence-electron chi connectivity index (χ3n) is 1.81. The lowest BCUT2D eigenvalue weighted by molar-refractivity contribution is 0.0689. The molecule has 2 N–H and O–H groups in total. The molecular weight excluding hydrogens is 194 g/mol. The molecule has 0 radical (unpaired) electrons. The van der Waals surface area contributed by atoms with Crippen molar-refractivity contribution in [2.24, 2.45) is 4.99 Å². The Bertz CT molecular complexity index is 359. The van der Waals surface area contributed by atoms with E-state index in [9.17, 15) is 4.79 Å². The van der Waals surface area contributed by atoms with E-state index in [1.807, 2.05) is 0 Å². The second-order valence-electron chi connectivity index (χ2n) is 2.55. The number of aromatic amines is 1. The fourth-order valence-electron chi connectivity index (χ4n) is 1.25. The van der Waals surface area contributed by atoms with Crippen LogP contribution in [0.4, 0.5) is 0 Å². The Morgan fingerprint density at radius 3 is 3.08 bits per heavy atom. The van der Waals surface area contributed by atoms with Crippen LogP contribution < -0.4 is 0 Å². The van der Waals surface area contributed by atoms with Crippen molar-refractivity contribution in [1.29, 1.82) is 0 Å². The van der Waals surface area contributed by atoms with Crippen molar-refractivity contribution in [2.75, 3.05) is 6.54 Å². The zero-order chi connectivity index (χ0) is 8.55. The Hall–Kier alpha value is -1.36. The number of carbonyl (C=O) groups is 1. The second kappa shape index (κ2) is 3.57. The molecule has 1 aromatic rings. The summed E-state index contributed by atoms with van der Waals surface area (Å²) in [7, 11) is 0. The number of aromatic nitrogens is 2. The van der Waals surface area contributed by atoms with Gasteiger partial charge in [0.1, 0.15) is 0 Å². The molecule has 13 heavy (non-hydrogen) atoms. The smallest absolute Gasteiger partial charge is 0.356 e. The van der Waals surface area contributed by atoms with Gasteiger partial charge in [0.15, 0.2) is 5.69 Å². The standard InChI is InChI=1S/C7H7N3O2.ClH/c11-7(12)6-4-1-2-8-3-5(4)9-10-6;/h3H,1-2H2,(H,9,10)(H,11,12);1H. The Kier molecular flexibility index (Phi) is 2.67. The van der Waals surface area contributed by atoms with Crippen LogP contribution in [0.2, 0.25) is 0 Å². The number of aliphatic imine (C=N–C) groups is 1. The first-order chi connectivity index (χ1) is 5.79. The SMILES string of the molecule is Cl.O=C(O)c1n[nH]c2c1CCN=C2. The van der Waals surface area contributed by atoms with Gasteiger partial charge in [-0.2, -0.15) is 5.10 Å². The van der Waals surface area contributed by atoms with Crippen molar-refractivity contribution in [3.8, 4) is 0 Å². The summed E-state index contributed by atoms with van der Waals surface area (Å²) in [6.45, 7) is 0.646. The molecule has 0 amide bonds. The van der Waals surface area contributed by atoms with Crippen molar-refractivity contribution in [1.82, 2.24) is 10.2 Å². The first-order valence-electron chi connectivity index (χ1n) is 3.59. The van der Waals surface area contributed by atoms with Gasteiger partial charge in [0.2, 0.25) is 0 Å². The minimum atomic E-state index is -0.984. The average Bonchev–Trinajstić information content (AvgIpc) is 2.47. The van der Waals surface area contributed by atoms with E-state index < -0.39 is 5.97 Å². The molecule has 0 atom stereocenters. The van der Waals surface area contributed by atoms with Crippen LogP contribution in [0.1, 0.15) is 21.7 Å². The number of H-pyrrole nitrogens is 1. The van der Waals surface area contributed by atoms with E-state index in [4.69, 9.17) is 5.11 Å². The van der Waals surface area contributed by atoms with E-state index >= 15 is 0 Å². The van der Waals surface area contributed by atoms with Crippen molar-refractivity contribution in [3.63, 3.8) is 0 Å². The number of nitrogens with one attached hydrogen (secondary N) is 1. The monoisotopic (exact) mass is 201 g/mol. The van der Waals surface area contributed by atoms with Gasteiger partial charge in [0.05, 0.1) is 5.69 Å². The number of carboxylic acid groups (broad SMARTS) is 1. The first kappa shape index (κ1) is 9.73. The summed E-state index contributed by atoms with van der Waals surface area (Å²) < 4.78 is 0. The summed E-state index contributed by atoms with van der Waals surface area (Å²) in [6.07, 6.45) is 2.28. The van der Waals surface area contributed by atoms with E-state index in [2.05, 4.69) is 15.2 Å². The van der Waals surface area contributed by atoms with Crippen molar-refractivity contribution >= 4 is 24.6 Å². The maximum Gasteiger partial charge on any atom is 0.356 e. The minimum absolute atomic E-state index is 0. The predicted octanol–water partition coefficient (Wildman–Crippen LogP) is 0.505. The third kappa shape index (κ3) is 1.55. The zero-order valence-electron chi connectivity index (χ0n) is 6.65. The lowest BCUT2D eigenvalue weighted by atomic mass is 10.1. The molecule has 1 aromatic heterocycles. The van der Waals surface area contributed by atoms with Gasteiger partial charge in [-0.15, -0.1) is 12.4 Å². The molecular formula is C7H8ClN3O2. The maximum absolute atomic E-state index is 10.6. The highest BCUT2D eigenvalue weighted by atomic mass is 35.5. The number of halogens is 1. The van der Waals surface area contributed by atoms with Crippen molar-refractivity contribution in [2.45, 2.75) is 6.42 Å². The molecule has 0 spiro atoms. The van der Waals surface area contributed by atoms with Gasteiger partial charge >= 0.3 is 5.97 Å². The summed E-state index contributed by atoms with van der Waals surface area (Å²) in [5.41, 5.74) is 1.60. The highest BCUT2D eigenvalue weighted by Crippen LogP contribution is 2.13. The van der Waals surface area contributed by atoms with Crippen LogP contribution in [0.25, 0.3) is 0 Å². The molecule has 70 valence electrons. The van der Waals surface area contributed by atoms with E-state index in [0.717, 1.165) is 11.3 Å². The summed E-state index contributed by atoms with van der Waals surface area (Å²) in [6, 6.07) is 0. The summed E-state index contributed by atoms with van der Waals surface area (Å²) in [5, 5.41) is 15.0. The van der Waals surface area contributed by atoms with Crippen LogP contribution in [0, 0.1) is 0 Å². The van der Waals surface area contributed by atoms with E-state index in [0.29, 0.717) is 13.0 Å². The first-order valence-corrected chi connectivity index (χ1v) is 3.59. The minimum Gasteiger partial charge on any atom is -0.476 e. The van der Waals surface area contributed by atoms with Crippen molar-refractivity contribution in [3.05, 3.63) is 17.0 Å². The fourth-order valence-corrected chi connectivity index (χ4v) is 1.25. The van der Waals surface area contributed by atoms with Crippen LogP contribution >= 0.6 is 12.4 Å². The Labute approximate surface area is 80.3 Å². The van der Waals surface area contributed by atoms with E-state index in [-0.39, 0.29) is 18.1 Å². The van der Waals surface area contributed by atoms with Gasteiger partial charge < -0.3 is 5.11 Å². The molecule has 0 fully saturated rings. The molecule has 0 aliphatic carbocycles. The van der Waals surface area contributed by atoms with Crippen LogP contribution in [0.5, 0.6) is 0 Å². The molecule has 2 rings (SSSR count). The van der Waals surface area contributed by atoms with Gasteiger partial charge in [-0.05, 0) is 6.42 Å². The quantitative estimate of drug-likeness (QED) is 0.695. The van der Waals surface area contributed by atoms with Crippen LogP contribution in [-0.4, -0.2) is 34.0 Å². The number of hydrogen-bond donors (Lipinski definition) is 2. The molecule has 0 saturated heterocycles. The normalized spacial score (nSPS) is 13.2. The maximum atomic E-state index is 10.6. The zero-order valence-corrected chi connectivity index (χ0v) is 7.47. The molecule has 0 aromatic carbocycles. The molecule has 6 heteroatoms. The van der Waals surface area contributed by atoms with Crippen molar-refractivity contribution < 1.29 is 9.90 Å². The van der Waals surface area contributed by atoms with Crippen LogP contribution in [0.15, 0.2) is 4.99 Å². The van der Waals surface area contributed by atoms with Gasteiger partial charge in [-0.3, -0.25) is 10.1 Å². The number of carboxylic acids is 1. The predicted molar refractivity (Wildman–Crippen MR) is 49.0 cm³/mol. The van der Waals surface area contributed by atoms with E-state index in [1.54, 1.807) is 6.21 Å². The highest BCUT2D eigenvalue weighted by molar-refractivity contribution is 5.91. The number of fused-ring (bicyclic) bond motifs is 1. The molecule has 1 aliphatic rings. The molecule has 0 saturated carbocycles. The summed E-state index contributed by atoms with van der Waals surface area (Å²) >= 11 is 0. The Balaban J connectivity index is 0.000000845. The summed E-state index contributed by atoms with van der Waals surface area (Å²) in [5.74, 6) is -0.984. The fraction of sp³-hybridized carbons (Fsp3) is 0.286. The van der Waals surface area contributed by atoms with Gasteiger partial charge in [-0.25, -0.2) is 4.79 Å². The number of rotatable bonds is 1. The third-order valence-corrected chi connectivity index (χ3v) is 1.81. The average molecular weight is 202 g/mol. The number of aromatic carboxylic acids is 1. The topological polar surface area (TPSA) is 78.3 Å². The molecule has 2 heterocycles. The largest absolute Gasteiger partial charge is 0.476 e. The van der Waals surface area contributed by atoms with Gasteiger partial charge in [-0.1, -0.05) is 0 Å². The van der Waals surface area contributed by atoms with E-state index in [1.165, 1.54) is 0 Å². The Morgan fingerprint density at radius 2 is 2.38 bits per heavy atom. The Morgan fingerprint density at radius 1 is 1.62 bits per heavy atom. The molecule has 1 aliphatic heterocycles. The van der Waals surface area contributed by atoms with Gasteiger partial charge in [0.25, 0.3) is 0 Å².